The predicted molar refractivity (Wildman–Crippen MR) is 78.2 cm³/mol. The zero-order valence-electron chi connectivity index (χ0n) is 11.7. The van der Waals surface area contributed by atoms with Crippen molar-refractivity contribution in [3.8, 4) is 28.6 Å². The number of benzene rings is 1. The number of para-hydroxylation sites is 1. The number of hydrogen-bond donors (Lipinski definition) is 0. The molecule has 0 aliphatic carbocycles. The molecule has 0 fully saturated rings. The minimum Gasteiger partial charge on any atom is -0.465 e. The number of methoxy groups -OCH3 is 1. The quantitative estimate of drug-likeness (QED) is 0.505. The summed E-state index contributed by atoms with van der Waals surface area (Å²) in [6.45, 7) is 0. The Morgan fingerprint density at radius 2 is 2.09 bits per heavy atom. The van der Waals surface area contributed by atoms with Crippen molar-refractivity contribution in [2.75, 3.05) is 7.11 Å². The van der Waals surface area contributed by atoms with E-state index in [9.17, 15) is 4.79 Å². The van der Waals surface area contributed by atoms with Gasteiger partial charge in [0.1, 0.15) is 5.75 Å². The van der Waals surface area contributed by atoms with Crippen LogP contribution in [0.15, 0.2) is 48.8 Å². The van der Waals surface area contributed by atoms with Crippen LogP contribution in [0.5, 0.6) is 11.5 Å². The summed E-state index contributed by atoms with van der Waals surface area (Å²) in [7, 11) is 1.33. The van der Waals surface area contributed by atoms with Gasteiger partial charge in [0.2, 0.25) is 0 Å². The van der Waals surface area contributed by atoms with Gasteiger partial charge >= 0.3 is 5.97 Å². The fourth-order valence-corrected chi connectivity index (χ4v) is 2.46. The Hall–Kier alpha value is -3.15. The highest BCUT2D eigenvalue weighted by atomic mass is 16.5. The van der Waals surface area contributed by atoms with Gasteiger partial charge in [-0.15, -0.1) is 0 Å². The van der Waals surface area contributed by atoms with E-state index in [1.807, 2.05) is 30.3 Å². The summed E-state index contributed by atoms with van der Waals surface area (Å²) >= 11 is 0. The molecule has 3 heterocycles. The van der Waals surface area contributed by atoms with Crippen LogP contribution in [0.1, 0.15) is 10.4 Å². The number of nitrogens with zero attached hydrogens (tertiary/aromatic N) is 3. The minimum absolute atomic E-state index is 0.328. The number of carbonyl (C=O) groups excluding carboxylic acids is 1. The molecule has 0 bridgehead atoms. The van der Waals surface area contributed by atoms with E-state index in [1.54, 1.807) is 16.9 Å². The summed E-state index contributed by atoms with van der Waals surface area (Å²) in [5, 5.41) is 4.31. The maximum atomic E-state index is 11.7. The molecule has 4 rings (SSSR count). The fraction of sp³-hybridized carbons (Fsp3) is 0.0625. The molecule has 0 spiro atoms. The van der Waals surface area contributed by atoms with Crippen LogP contribution >= 0.6 is 0 Å². The summed E-state index contributed by atoms with van der Waals surface area (Å²) in [4.78, 5) is 16.0. The Kier molecular flexibility index (Phi) is 2.69. The molecule has 22 heavy (non-hydrogen) atoms. The molecule has 0 unspecified atom stereocenters. The molecule has 0 N–H and O–H groups in total. The third-order valence-corrected chi connectivity index (χ3v) is 3.48. The molecule has 0 saturated carbocycles. The molecule has 108 valence electrons. The van der Waals surface area contributed by atoms with Gasteiger partial charge in [0.05, 0.1) is 24.6 Å². The molecule has 0 radical (unpaired) electrons. The molecular formula is C16H11N3O3. The van der Waals surface area contributed by atoms with Gasteiger partial charge in [-0.3, -0.25) is 0 Å². The van der Waals surface area contributed by atoms with Crippen molar-refractivity contribution in [1.29, 1.82) is 0 Å². The lowest BCUT2D eigenvalue weighted by Crippen LogP contribution is -2.06. The first-order chi connectivity index (χ1) is 10.8. The Labute approximate surface area is 125 Å². The summed E-state index contributed by atoms with van der Waals surface area (Å²) in [6.07, 6.45) is 3.16. The highest BCUT2D eigenvalue weighted by molar-refractivity contribution is 5.90. The van der Waals surface area contributed by atoms with Crippen LogP contribution in [0.25, 0.3) is 17.1 Å². The molecule has 2 aromatic heterocycles. The number of carbonyl (C=O) groups is 1. The van der Waals surface area contributed by atoms with E-state index in [0.29, 0.717) is 22.9 Å². The normalized spacial score (nSPS) is 11.5. The van der Waals surface area contributed by atoms with Gasteiger partial charge in [-0.25, -0.2) is 14.5 Å². The largest absolute Gasteiger partial charge is 0.465 e. The monoisotopic (exact) mass is 293 g/mol. The Balaban J connectivity index is 1.97. The second-order valence-electron chi connectivity index (χ2n) is 4.76. The SMILES string of the molecule is COC(=O)c1cnc2c(c1)Oc1ccccc1-c1ccnn1-2. The van der Waals surface area contributed by atoms with Crippen LogP contribution in [0.3, 0.4) is 0 Å². The summed E-state index contributed by atoms with van der Waals surface area (Å²) in [5.74, 6) is 1.21. The third kappa shape index (κ3) is 1.77. The van der Waals surface area contributed by atoms with Crippen molar-refractivity contribution in [2.45, 2.75) is 0 Å². The molecule has 0 saturated heterocycles. The van der Waals surface area contributed by atoms with Crippen molar-refractivity contribution in [3.05, 3.63) is 54.4 Å². The molecule has 3 aromatic rings. The van der Waals surface area contributed by atoms with Gasteiger partial charge in [-0.2, -0.15) is 5.10 Å². The van der Waals surface area contributed by atoms with E-state index >= 15 is 0 Å². The average Bonchev–Trinajstić information content (AvgIpc) is 2.99. The van der Waals surface area contributed by atoms with E-state index in [4.69, 9.17) is 9.47 Å². The lowest BCUT2D eigenvalue weighted by atomic mass is 10.1. The van der Waals surface area contributed by atoms with Crippen molar-refractivity contribution in [3.63, 3.8) is 0 Å². The highest BCUT2D eigenvalue weighted by Crippen LogP contribution is 2.39. The maximum Gasteiger partial charge on any atom is 0.339 e. The van der Waals surface area contributed by atoms with Gasteiger partial charge in [-0.05, 0) is 18.2 Å². The Bertz CT molecular complexity index is 886. The minimum atomic E-state index is -0.461. The van der Waals surface area contributed by atoms with Crippen LogP contribution < -0.4 is 4.74 Å². The second kappa shape index (κ2) is 4.70. The van der Waals surface area contributed by atoms with Gasteiger partial charge in [0.25, 0.3) is 0 Å². The van der Waals surface area contributed by atoms with E-state index in [1.165, 1.54) is 13.3 Å². The molecule has 6 nitrogen and oxygen atoms in total. The molecule has 0 atom stereocenters. The molecule has 1 aliphatic rings. The maximum absolute atomic E-state index is 11.7. The lowest BCUT2D eigenvalue weighted by Gasteiger charge is -2.09. The molecule has 1 aliphatic heterocycles. The molecule has 0 amide bonds. The number of aromatic nitrogens is 3. The first-order valence-electron chi connectivity index (χ1n) is 6.68. The van der Waals surface area contributed by atoms with Crippen LogP contribution in [0.4, 0.5) is 0 Å². The van der Waals surface area contributed by atoms with Gasteiger partial charge in [-0.1, -0.05) is 12.1 Å². The number of rotatable bonds is 1. The Morgan fingerprint density at radius 1 is 1.23 bits per heavy atom. The fourth-order valence-electron chi connectivity index (χ4n) is 2.46. The highest BCUT2D eigenvalue weighted by Gasteiger charge is 2.23. The summed E-state index contributed by atoms with van der Waals surface area (Å²) < 4.78 is 12.4. The number of ether oxygens (including phenoxy) is 2. The smallest absolute Gasteiger partial charge is 0.339 e. The van der Waals surface area contributed by atoms with Gasteiger partial charge < -0.3 is 9.47 Å². The molecule has 6 heteroatoms. The van der Waals surface area contributed by atoms with Crippen molar-refractivity contribution in [2.24, 2.45) is 0 Å². The van der Waals surface area contributed by atoms with Gasteiger partial charge in [0.15, 0.2) is 11.6 Å². The first-order valence-corrected chi connectivity index (χ1v) is 6.68. The Morgan fingerprint density at radius 3 is 2.95 bits per heavy atom. The van der Waals surface area contributed by atoms with Crippen LogP contribution in [-0.2, 0) is 4.74 Å². The zero-order valence-corrected chi connectivity index (χ0v) is 11.7. The number of pyridine rings is 1. The topological polar surface area (TPSA) is 66.2 Å². The van der Waals surface area contributed by atoms with Crippen LogP contribution in [-0.4, -0.2) is 27.8 Å². The third-order valence-electron chi connectivity index (χ3n) is 3.48. The standard InChI is InChI=1S/C16H11N3O3/c1-21-16(20)10-8-14-15(17-9-10)19-12(6-7-18-19)11-4-2-3-5-13(11)22-14/h2-9H,1H3. The predicted octanol–water partition coefficient (Wildman–Crippen LogP) is 2.83. The van der Waals surface area contributed by atoms with Crippen LogP contribution in [0.2, 0.25) is 0 Å². The molecular weight excluding hydrogens is 282 g/mol. The van der Waals surface area contributed by atoms with Crippen molar-refractivity contribution >= 4 is 5.97 Å². The second-order valence-corrected chi connectivity index (χ2v) is 4.76. The average molecular weight is 293 g/mol. The van der Waals surface area contributed by atoms with E-state index in [0.717, 1.165) is 11.3 Å². The number of fused-ring (bicyclic) bond motifs is 5. The first kappa shape index (κ1) is 12.6. The lowest BCUT2D eigenvalue weighted by molar-refractivity contribution is 0.0600. The van der Waals surface area contributed by atoms with Crippen molar-refractivity contribution < 1.29 is 14.3 Å². The van der Waals surface area contributed by atoms with Crippen LogP contribution in [0, 0.1) is 0 Å². The van der Waals surface area contributed by atoms with E-state index in [2.05, 4.69) is 10.1 Å². The zero-order chi connectivity index (χ0) is 15.1. The number of hydrogen-bond acceptors (Lipinski definition) is 5. The summed E-state index contributed by atoms with van der Waals surface area (Å²) in [6, 6.07) is 11.2. The van der Waals surface area contributed by atoms with E-state index in [-0.39, 0.29) is 0 Å². The van der Waals surface area contributed by atoms with Crippen molar-refractivity contribution in [1.82, 2.24) is 14.8 Å². The van der Waals surface area contributed by atoms with E-state index < -0.39 is 5.97 Å². The summed E-state index contributed by atoms with van der Waals surface area (Å²) in [5.41, 5.74) is 2.12. The van der Waals surface area contributed by atoms with Gasteiger partial charge in [0, 0.05) is 17.8 Å². The number of esters is 1. The molecule has 1 aromatic carbocycles.